The van der Waals surface area contributed by atoms with E-state index in [9.17, 15) is 4.79 Å². The Bertz CT molecular complexity index is 990. The van der Waals surface area contributed by atoms with E-state index in [0.29, 0.717) is 12.2 Å². The smallest absolute Gasteiger partial charge is 0.338 e. The van der Waals surface area contributed by atoms with Crippen molar-refractivity contribution in [2.24, 2.45) is 0 Å². The second-order valence-corrected chi connectivity index (χ2v) is 10.6. The Morgan fingerprint density at radius 3 is 2.12 bits per heavy atom. The van der Waals surface area contributed by atoms with E-state index in [1.165, 1.54) is 53.5 Å². The number of ether oxygens (including phenoxy) is 1. The predicted octanol–water partition coefficient (Wildman–Crippen LogP) is 8.12. The van der Waals surface area contributed by atoms with Crippen LogP contribution in [0.2, 0.25) is 0 Å². The summed E-state index contributed by atoms with van der Waals surface area (Å²) in [5, 5.41) is 0. The maximum atomic E-state index is 12.0. The lowest BCUT2D eigenvalue weighted by molar-refractivity contribution is 0.0526. The molecule has 0 saturated heterocycles. The molecule has 172 valence electrons. The van der Waals surface area contributed by atoms with Crippen LogP contribution in [0.15, 0.2) is 36.4 Å². The van der Waals surface area contributed by atoms with E-state index < -0.39 is 0 Å². The molecule has 0 fully saturated rings. The molecule has 32 heavy (non-hydrogen) atoms. The molecular formula is C30H40O2. The molecule has 1 aliphatic carbocycles. The Hall–Kier alpha value is -2.35. The summed E-state index contributed by atoms with van der Waals surface area (Å²) >= 11 is 0. The number of hydrogen-bond donors (Lipinski definition) is 0. The van der Waals surface area contributed by atoms with Crippen LogP contribution in [0.25, 0.3) is 11.6 Å². The maximum Gasteiger partial charge on any atom is 0.338 e. The van der Waals surface area contributed by atoms with Crippen molar-refractivity contribution in [2.45, 2.75) is 91.4 Å². The minimum Gasteiger partial charge on any atom is -0.462 e. The van der Waals surface area contributed by atoms with Crippen LogP contribution in [-0.4, -0.2) is 12.6 Å². The Kier molecular flexibility index (Phi) is 7.32. The molecule has 0 atom stereocenters. The van der Waals surface area contributed by atoms with Crippen LogP contribution in [-0.2, 0) is 22.0 Å². The second-order valence-electron chi connectivity index (χ2n) is 10.6. The lowest BCUT2D eigenvalue weighted by Gasteiger charge is -2.42. The van der Waals surface area contributed by atoms with E-state index in [1.807, 2.05) is 31.2 Å². The van der Waals surface area contributed by atoms with Gasteiger partial charge in [0.25, 0.3) is 0 Å². The van der Waals surface area contributed by atoms with Crippen molar-refractivity contribution in [1.82, 2.24) is 0 Å². The highest BCUT2D eigenvalue weighted by molar-refractivity contribution is 5.90. The third-order valence-corrected chi connectivity index (χ3v) is 7.11. The summed E-state index contributed by atoms with van der Waals surface area (Å²) < 4.78 is 5.11. The highest BCUT2D eigenvalue weighted by Crippen LogP contribution is 2.47. The van der Waals surface area contributed by atoms with Gasteiger partial charge in [-0.25, -0.2) is 4.79 Å². The van der Waals surface area contributed by atoms with Crippen molar-refractivity contribution < 1.29 is 9.53 Å². The fourth-order valence-corrected chi connectivity index (χ4v) is 4.86. The van der Waals surface area contributed by atoms with Crippen molar-refractivity contribution in [2.75, 3.05) is 6.61 Å². The van der Waals surface area contributed by atoms with Gasteiger partial charge in [-0.05, 0) is 95.9 Å². The molecule has 0 aliphatic heterocycles. The van der Waals surface area contributed by atoms with Crippen molar-refractivity contribution in [3.8, 4) is 0 Å². The SMILES string of the molecule is CCCCc1cc2c(cc1/C(C)=C/c1ccc(C(=O)OCC)cc1)C(C)(C)CCC2(C)C. The van der Waals surface area contributed by atoms with Gasteiger partial charge in [0.05, 0.1) is 12.2 Å². The van der Waals surface area contributed by atoms with Crippen molar-refractivity contribution in [3.05, 3.63) is 69.8 Å². The standard InChI is InChI=1S/C30H40O2/c1-8-10-11-24-19-26-27(30(6,7)17-16-29(26,4)5)20-25(24)21(3)18-22-12-14-23(15-13-22)28(31)32-9-2/h12-15,18-20H,8-11,16-17H2,1-7H3/b21-18+. The first-order valence-corrected chi connectivity index (χ1v) is 12.2. The number of esters is 1. The zero-order valence-corrected chi connectivity index (χ0v) is 21.1. The number of fused-ring (bicyclic) bond motifs is 1. The zero-order valence-electron chi connectivity index (χ0n) is 21.1. The fourth-order valence-electron chi connectivity index (χ4n) is 4.86. The lowest BCUT2D eigenvalue weighted by Crippen LogP contribution is -2.34. The van der Waals surface area contributed by atoms with Crippen LogP contribution < -0.4 is 0 Å². The number of carbonyl (C=O) groups excluding carboxylic acids is 1. The first kappa shape index (κ1) is 24.3. The van der Waals surface area contributed by atoms with Crippen molar-refractivity contribution in [3.63, 3.8) is 0 Å². The number of rotatable bonds is 7. The van der Waals surface area contributed by atoms with Gasteiger partial charge in [-0.2, -0.15) is 0 Å². The van der Waals surface area contributed by atoms with Gasteiger partial charge >= 0.3 is 5.97 Å². The molecule has 3 rings (SSSR count). The number of hydrogen-bond acceptors (Lipinski definition) is 2. The van der Waals surface area contributed by atoms with Crippen LogP contribution >= 0.6 is 0 Å². The average Bonchev–Trinajstić information content (AvgIpc) is 2.75. The minimum absolute atomic E-state index is 0.199. The molecule has 0 heterocycles. The fraction of sp³-hybridized carbons (Fsp3) is 0.500. The summed E-state index contributed by atoms with van der Waals surface area (Å²) in [6.45, 7) is 16.3. The highest BCUT2D eigenvalue weighted by atomic mass is 16.5. The molecule has 0 saturated carbocycles. The summed E-state index contributed by atoms with van der Waals surface area (Å²) in [5.41, 5.74) is 9.30. The number of carbonyl (C=O) groups is 1. The van der Waals surface area contributed by atoms with Crippen LogP contribution in [0, 0.1) is 0 Å². The average molecular weight is 433 g/mol. The summed E-state index contributed by atoms with van der Waals surface area (Å²) in [6, 6.07) is 12.7. The molecule has 1 aliphatic rings. The second kappa shape index (κ2) is 9.65. The largest absolute Gasteiger partial charge is 0.462 e. The molecule has 0 spiro atoms. The summed E-state index contributed by atoms with van der Waals surface area (Å²) in [5.74, 6) is -0.263. The van der Waals surface area contributed by atoms with E-state index >= 15 is 0 Å². The zero-order chi connectivity index (χ0) is 23.5. The van der Waals surface area contributed by atoms with E-state index in [0.717, 1.165) is 12.0 Å². The summed E-state index contributed by atoms with van der Waals surface area (Å²) in [4.78, 5) is 12.0. The van der Waals surface area contributed by atoms with Gasteiger partial charge in [0.1, 0.15) is 0 Å². The molecular weight excluding hydrogens is 392 g/mol. The van der Waals surface area contributed by atoms with Gasteiger partial charge in [0.2, 0.25) is 0 Å². The topological polar surface area (TPSA) is 26.3 Å². The molecule has 0 amide bonds. The molecule has 0 aromatic heterocycles. The third-order valence-electron chi connectivity index (χ3n) is 7.11. The van der Waals surface area contributed by atoms with E-state index in [4.69, 9.17) is 4.74 Å². The maximum absolute atomic E-state index is 12.0. The van der Waals surface area contributed by atoms with Crippen molar-refractivity contribution in [1.29, 1.82) is 0 Å². The number of unbranched alkanes of at least 4 members (excludes halogenated alkanes) is 1. The monoisotopic (exact) mass is 432 g/mol. The molecule has 2 heteroatoms. The first-order valence-electron chi connectivity index (χ1n) is 12.2. The van der Waals surface area contributed by atoms with Gasteiger partial charge in [-0.3, -0.25) is 0 Å². The normalized spacial score (nSPS) is 17.0. The third kappa shape index (κ3) is 5.17. The molecule has 0 bridgehead atoms. The highest BCUT2D eigenvalue weighted by Gasteiger charge is 2.37. The lowest BCUT2D eigenvalue weighted by atomic mass is 9.62. The number of aryl methyl sites for hydroxylation is 1. The molecule has 2 aromatic rings. The Morgan fingerprint density at radius 2 is 1.56 bits per heavy atom. The Labute approximate surface area is 195 Å². The van der Waals surface area contributed by atoms with Crippen molar-refractivity contribution >= 4 is 17.6 Å². The first-order chi connectivity index (χ1) is 15.1. The Balaban J connectivity index is 2.04. The van der Waals surface area contributed by atoms with Gasteiger partial charge in [-0.1, -0.05) is 71.4 Å². The van der Waals surface area contributed by atoms with E-state index in [-0.39, 0.29) is 16.8 Å². The summed E-state index contributed by atoms with van der Waals surface area (Å²) in [7, 11) is 0. The predicted molar refractivity (Wildman–Crippen MR) is 136 cm³/mol. The molecule has 2 nitrogen and oxygen atoms in total. The van der Waals surface area contributed by atoms with Crippen LogP contribution in [0.4, 0.5) is 0 Å². The quantitative estimate of drug-likeness (QED) is 0.326. The van der Waals surface area contributed by atoms with Gasteiger partial charge in [-0.15, -0.1) is 0 Å². The molecule has 2 aromatic carbocycles. The summed E-state index contributed by atoms with van der Waals surface area (Å²) in [6.07, 6.45) is 8.22. The minimum atomic E-state index is -0.263. The number of benzene rings is 2. The molecule has 0 N–H and O–H groups in total. The van der Waals surface area contributed by atoms with E-state index in [2.05, 4.69) is 59.8 Å². The van der Waals surface area contributed by atoms with Crippen LogP contribution in [0.3, 0.4) is 0 Å². The van der Waals surface area contributed by atoms with Gasteiger partial charge in [0.15, 0.2) is 0 Å². The van der Waals surface area contributed by atoms with Crippen LogP contribution in [0.1, 0.15) is 112 Å². The van der Waals surface area contributed by atoms with Crippen LogP contribution in [0.5, 0.6) is 0 Å². The molecule has 0 radical (unpaired) electrons. The van der Waals surface area contributed by atoms with Gasteiger partial charge < -0.3 is 4.74 Å². The van der Waals surface area contributed by atoms with E-state index in [1.54, 1.807) is 0 Å². The Morgan fingerprint density at radius 1 is 0.969 bits per heavy atom. The number of allylic oxidation sites excluding steroid dienone is 1. The molecule has 0 unspecified atom stereocenters. The van der Waals surface area contributed by atoms with Gasteiger partial charge in [0, 0.05) is 0 Å².